The summed E-state index contributed by atoms with van der Waals surface area (Å²) in [5.41, 5.74) is 2.26. The number of aromatic nitrogens is 1. The Labute approximate surface area is 156 Å². The maximum atomic E-state index is 13.0. The number of amides is 2. The number of urea groups is 1. The molecule has 2 aromatic rings. The Hall–Kier alpha value is -2.43. The van der Waals surface area contributed by atoms with E-state index in [9.17, 15) is 4.79 Å². The molecule has 1 aliphatic rings. The number of hydrogen-bond acceptors (Lipinski definition) is 2. The van der Waals surface area contributed by atoms with Gasteiger partial charge in [0, 0.05) is 31.0 Å². The summed E-state index contributed by atoms with van der Waals surface area (Å²) in [5.74, 6) is 0.857. The number of nitrogens with one attached hydrogen (secondary N) is 1. The molecule has 1 aliphatic heterocycles. The molecule has 0 spiro atoms. The van der Waals surface area contributed by atoms with Gasteiger partial charge in [-0.2, -0.15) is 0 Å². The van der Waals surface area contributed by atoms with Gasteiger partial charge in [-0.3, -0.25) is 0 Å². The van der Waals surface area contributed by atoms with Crippen LogP contribution in [0.1, 0.15) is 50.9 Å². The molecule has 5 nitrogen and oxygen atoms in total. The first-order chi connectivity index (χ1) is 12.7. The number of fused-ring (bicyclic) bond motifs is 1. The van der Waals surface area contributed by atoms with Crippen LogP contribution in [0.25, 0.3) is 0 Å². The van der Waals surface area contributed by atoms with Crippen molar-refractivity contribution in [1.29, 1.82) is 0 Å². The number of carbonyl (C=O) groups excluding carboxylic acids is 1. The molecular formula is C21H29N3O2. The Morgan fingerprint density at radius 2 is 1.88 bits per heavy atom. The third-order valence-corrected chi connectivity index (χ3v) is 5.12. The lowest BCUT2D eigenvalue weighted by molar-refractivity contribution is 0.164. The van der Waals surface area contributed by atoms with Crippen LogP contribution in [0.3, 0.4) is 0 Å². The predicted molar refractivity (Wildman–Crippen MR) is 103 cm³/mol. The number of nitrogens with zero attached hydrogens (tertiary/aromatic N) is 2. The molecule has 0 fully saturated rings. The first-order valence-electron chi connectivity index (χ1n) is 9.62. The van der Waals surface area contributed by atoms with Crippen molar-refractivity contribution < 1.29 is 9.53 Å². The van der Waals surface area contributed by atoms with Gasteiger partial charge in [-0.25, -0.2) is 4.79 Å². The van der Waals surface area contributed by atoms with Crippen LogP contribution >= 0.6 is 0 Å². The van der Waals surface area contributed by atoms with Crippen molar-refractivity contribution in [2.24, 2.45) is 0 Å². The lowest BCUT2D eigenvalue weighted by Crippen LogP contribution is -2.49. The molecule has 0 radical (unpaired) electrons. The molecule has 0 aliphatic carbocycles. The molecule has 0 bridgehead atoms. The zero-order valence-electron chi connectivity index (χ0n) is 15.9. The predicted octanol–water partition coefficient (Wildman–Crippen LogP) is 4.19. The van der Waals surface area contributed by atoms with Gasteiger partial charge in [0.05, 0.1) is 12.6 Å². The van der Waals surface area contributed by atoms with Gasteiger partial charge in [0.15, 0.2) is 0 Å². The highest BCUT2D eigenvalue weighted by atomic mass is 16.5. The number of benzene rings is 1. The van der Waals surface area contributed by atoms with E-state index in [1.54, 1.807) is 0 Å². The summed E-state index contributed by atoms with van der Waals surface area (Å²) in [5, 5.41) is 3.19. The summed E-state index contributed by atoms with van der Waals surface area (Å²) < 4.78 is 7.80. The molecule has 5 heteroatoms. The fourth-order valence-electron chi connectivity index (χ4n) is 3.62. The van der Waals surface area contributed by atoms with Crippen molar-refractivity contribution in [3.05, 3.63) is 53.9 Å². The second-order valence-electron chi connectivity index (χ2n) is 6.69. The molecule has 3 rings (SSSR count). The molecule has 0 saturated carbocycles. The zero-order chi connectivity index (χ0) is 18.5. The van der Waals surface area contributed by atoms with Crippen LogP contribution in [-0.4, -0.2) is 34.7 Å². The molecule has 1 N–H and O–H groups in total. The van der Waals surface area contributed by atoms with E-state index in [2.05, 4.69) is 54.2 Å². The summed E-state index contributed by atoms with van der Waals surface area (Å²) in [6, 6.07) is 12.4. The Morgan fingerprint density at radius 3 is 2.54 bits per heavy atom. The van der Waals surface area contributed by atoms with Crippen LogP contribution in [0.15, 0.2) is 42.6 Å². The van der Waals surface area contributed by atoms with Gasteiger partial charge in [-0.15, -0.1) is 0 Å². The first kappa shape index (κ1) is 18.4. The largest absolute Gasteiger partial charge is 0.494 e. The smallest absolute Gasteiger partial charge is 0.318 e. The van der Waals surface area contributed by atoms with E-state index in [4.69, 9.17) is 4.74 Å². The molecule has 1 atom stereocenters. The monoisotopic (exact) mass is 355 g/mol. The molecule has 1 unspecified atom stereocenters. The van der Waals surface area contributed by atoms with Crippen LogP contribution in [0.5, 0.6) is 5.75 Å². The summed E-state index contributed by atoms with van der Waals surface area (Å²) in [4.78, 5) is 15.0. The second-order valence-corrected chi connectivity index (χ2v) is 6.69. The van der Waals surface area contributed by atoms with Crippen LogP contribution in [0, 0.1) is 0 Å². The van der Waals surface area contributed by atoms with Crippen molar-refractivity contribution in [3.63, 3.8) is 0 Å². The lowest BCUT2D eigenvalue weighted by Gasteiger charge is -2.38. The Kier molecular flexibility index (Phi) is 5.86. The van der Waals surface area contributed by atoms with Crippen molar-refractivity contribution in [3.8, 4) is 5.75 Å². The number of hydrogen-bond donors (Lipinski definition) is 1. The molecule has 26 heavy (non-hydrogen) atoms. The van der Waals surface area contributed by atoms with Crippen molar-refractivity contribution in [2.45, 2.75) is 52.2 Å². The minimum atomic E-state index is -0.0798. The van der Waals surface area contributed by atoms with Crippen molar-refractivity contribution in [1.82, 2.24) is 14.8 Å². The van der Waals surface area contributed by atoms with Crippen molar-refractivity contribution in [2.75, 3.05) is 13.2 Å². The zero-order valence-corrected chi connectivity index (χ0v) is 15.9. The summed E-state index contributed by atoms with van der Waals surface area (Å²) in [6.45, 7) is 8.37. The standard InChI is InChI=1S/C21H29N3O2/c1-4-17(5-2)22-21(25)24-15-14-23-13-7-8-19(23)20(24)16-9-11-18(12-10-16)26-6-3/h7-13,17,20H,4-6,14-15H2,1-3H3,(H,22,25). The van der Waals surface area contributed by atoms with E-state index in [1.165, 1.54) is 0 Å². The third-order valence-electron chi connectivity index (χ3n) is 5.12. The summed E-state index contributed by atoms with van der Waals surface area (Å²) in [6.07, 6.45) is 3.98. The topological polar surface area (TPSA) is 46.5 Å². The molecular weight excluding hydrogens is 326 g/mol. The van der Waals surface area contributed by atoms with Crippen LogP contribution < -0.4 is 10.1 Å². The average molecular weight is 355 g/mol. The summed E-state index contributed by atoms with van der Waals surface area (Å²) in [7, 11) is 0. The molecule has 140 valence electrons. The Bertz CT molecular complexity index is 719. The molecule has 1 aromatic heterocycles. The molecule has 0 saturated heterocycles. The number of ether oxygens (including phenoxy) is 1. The van der Waals surface area contributed by atoms with E-state index >= 15 is 0 Å². The van der Waals surface area contributed by atoms with Gasteiger partial charge in [0.2, 0.25) is 0 Å². The van der Waals surface area contributed by atoms with Gasteiger partial charge in [-0.1, -0.05) is 26.0 Å². The lowest BCUT2D eigenvalue weighted by atomic mass is 10.00. The average Bonchev–Trinajstić information content (AvgIpc) is 3.15. The highest BCUT2D eigenvalue weighted by Crippen LogP contribution is 2.33. The molecule has 1 aromatic carbocycles. The fourth-order valence-corrected chi connectivity index (χ4v) is 3.62. The number of carbonyl (C=O) groups is 1. The normalized spacial score (nSPS) is 16.5. The fraction of sp³-hybridized carbons (Fsp3) is 0.476. The minimum Gasteiger partial charge on any atom is -0.494 e. The third kappa shape index (κ3) is 3.71. The van der Waals surface area contributed by atoms with E-state index in [1.807, 2.05) is 24.0 Å². The minimum absolute atomic E-state index is 0.0186. The van der Waals surface area contributed by atoms with E-state index < -0.39 is 0 Å². The Morgan fingerprint density at radius 1 is 1.15 bits per heavy atom. The maximum Gasteiger partial charge on any atom is 0.318 e. The van der Waals surface area contributed by atoms with Gasteiger partial charge < -0.3 is 19.5 Å². The summed E-state index contributed by atoms with van der Waals surface area (Å²) >= 11 is 0. The van der Waals surface area contributed by atoms with E-state index in [-0.39, 0.29) is 18.1 Å². The highest BCUT2D eigenvalue weighted by molar-refractivity contribution is 5.76. The van der Waals surface area contributed by atoms with Crippen LogP contribution in [0.2, 0.25) is 0 Å². The second kappa shape index (κ2) is 8.30. The van der Waals surface area contributed by atoms with Gasteiger partial charge in [-0.05, 0) is 49.6 Å². The molecule has 2 heterocycles. The van der Waals surface area contributed by atoms with Gasteiger partial charge in [0.1, 0.15) is 5.75 Å². The highest BCUT2D eigenvalue weighted by Gasteiger charge is 2.32. The van der Waals surface area contributed by atoms with Gasteiger partial charge >= 0.3 is 6.03 Å². The first-order valence-corrected chi connectivity index (χ1v) is 9.62. The van der Waals surface area contributed by atoms with Crippen LogP contribution in [0.4, 0.5) is 4.79 Å². The quantitative estimate of drug-likeness (QED) is 0.844. The maximum absolute atomic E-state index is 13.0. The number of rotatable bonds is 6. The van der Waals surface area contributed by atoms with Crippen molar-refractivity contribution >= 4 is 6.03 Å². The SMILES string of the molecule is CCOc1ccc(C2c3cccn3CCN2C(=O)NC(CC)CC)cc1. The van der Waals surface area contributed by atoms with E-state index in [0.29, 0.717) is 13.2 Å². The van der Waals surface area contributed by atoms with E-state index in [0.717, 1.165) is 36.4 Å². The van der Waals surface area contributed by atoms with Crippen LogP contribution in [-0.2, 0) is 6.54 Å². The molecule has 2 amide bonds. The van der Waals surface area contributed by atoms with Gasteiger partial charge in [0.25, 0.3) is 0 Å². The Balaban J connectivity index is 1.90.